The van der Waals surface area contributed by atoms with E-state index in [9.17, 15) is 4.79 Å². The van der Waals surface area contributed by atoms with Gasteiger partial charge in [-0.25, -0.2) is 9.13 Å². The standard InChI is InChI=1S/C22H23N3O2/c1-2-27-20-12-7-6-11-18(20)23-21(26)16-24-15-19(17-9-4-3-5-10-17)25-14-8-13-22(24)25/h3-7,9-12,15H,2,8,13-14,16H2,1H3/p+1. The number of carbonyl (C=O) groups is 1. The number of para-hydroxylation sites is 2. The van der Waals surface area contributed by atoms with Gasteiger partial charge in [0.2, 0.25) is 0 Å². The molecular formula is C22H24N3O2+. The SMILES string of the molecule is CCOc1ccccc1NC(=O)C[n+]1cc(-c2ccccc2)n2c1CCC2. The zero-order valence-corrected chi connectivity index (χ0v) is 15.5. The quantitative estimate of drug-likeness (QED) is 0.683. The van der Waals surface area contributed by atoms with Crippen LogP contribution in [0.5, 0.6) is 5.75 Å². The lowest BCUT2D eigenvalue weighted by Gasteiger charge is -2.10. The first-order valence-corrected chi connectivity index (χ1v) is 9.45. The summed E-state index contributed by atoms with van der Waals surface area (Å²) in [7, 11) is 0. The van der Waals surface area contributed by atoms with E-state index in [0.29, 0.717) is 24.6 Å². The molecule has 27 heavy (non-hydrogen) atoms. The smallest absolute Gasteiger partial charge is 0.266 e. The summed E-state index contributed by atoms with van der Waals surface area (Å²) >= 11 is 0. The van der Waals surface area contributed by atoms with Crippen molar-refractivity contribution in [1.29, 1.82) is 0 Å². The molecule has 0 bridgehead atoms. The van der Waals surface area contributed by atoms with Crippen LogP contribution < -0.4 is 14.6 Å². The molecule has 2 heterocycles. The Morgan fingerprint density at radius 3 is 2.74 bits per heavy atom. The van der Waals surface area contributed by atoms with Gasteiger partial charge in [-0.15, -0.1) is 0 Å². The highest BCUT2D eigenvalue weighted by molar-refractivity contribution is 5.91. The molecule has 1 N–H and O–H groups in total. The molecule has 2 aromatic carbocycles. The van der Waals surface area contributed by atoms with Gasteiger partial charge in [-0.1, -0.05) is 42.5 Å². The molecule has 5 nitrogen and oxygen atoms in total. The fourth-order valence-electron chi connectivity index (χ4n) is 3.68. The minimum atomic E-state index is -0.0490. The van der Waals surface area contributed by atoms with Crippen LogP contribution in [0.2, 0.25) is 0 Å². The highest BCUT2D eigenvalue weighted by atomic mass is 16.5. The average Bonchev–Trinajstić information content (AvgIpc) is 3.28. The third kappa shape index (κ3) is 3.58. The number of nitrogens with one attached hydrogen (secondary N) is 1. The van der Waals surface area contributed by atoms with E-state index >= 15 is 0 Å². The molecule has 0 spiro atoms. The van der Waals surface area contributed by atoms with Crippen molar-refractivity contribution in [2.24, 2.45) is 0 Å². The number of carbonyl (C=O) groups excluding carboxylic acids is 1. The lowest BCUT2D eigenvalue weighted by Crippen LogP contribution is -2.42. The second-order valence-electron chi connectivity index (χ2n) is 6.66. The summed E-state index contributed by atoms with van der Waals surface area (Å²) in [4.78, 5) is 12.7. The number of anilines is 1. The number of fused-ring (bicyclic) bond motifs is 1. The van der Waals surface area contributed by atoms with Gasteiger partial charge < -0.3 is 10.1 Å². The Bertz CT molecular complexity index is 947. The Kier molecular flexibility index (Phi) is 4.92. The van der Waals surface area contributed by atoms with Gasteiger partial charge in [0.1, 0.15) is 11.9 Å². The molecule has 0 unspecified atom stereocenters. The first kappa shape index (κ1) is 17.3. The number of imidazole rings is 1. The van der Waals surface area contributed by atoms with Crippen LogP contribution in [-0.4, -0.2) is 17.1 Å². The molecule has 0 atom stereocenters. The van der Waals surface area contributed by atoms with E-state index < -0.39 is 0 Å². The summed E-state index contributed by atoms with van der Waals surface area (Å²) in [6.07, 6.45) is 4.21. The highest BCUT2D eigenvalue weighted by Crippen LogP contribution is 2.25. The molecule has 0 saturated heterocycles. The van der Waals surface area contributed by atoms with Crippen molar-refractivity contribution in [3.63, 3.8) is 0 Å². The molecule has 3 aromatic rings. The fraction of sp³-hybridized carbons (Fsp3) is 0.273. The molecule has 138 valence electrons. The Morgan fingerprint density at radius 1 is 1.15 bits per heavy atom. The minimum absolute atomic E-state index is 0.0490. The zero-order valence-electron chi connectivity index (χ0n) is 15.5. The summed E-state index contributed by atoms with van der Waals surface area (Å²) in [6, 6.07) is 17.9. The van der Waals surface area contributed by atoms with Crippen molar-refractivity contribution in [3.05, 3.63) is 66.6 Å². The Morgan fingerprint density at radius 2 is 1.93 bits per heavy atom. The van der Waals surface area contributed by atoms with Crippen molar-refractivity contribution >= 4 is 11.6 Å². The molecular weight excluding hydrogens is 338 g/mol. The summed E-state index contributed by atoms with van der Waals surface area (Å²) in [5, 5.41) is 2.99. The third-order valence-electron chi connectivity index (χ3n) is 4.84. The monoisotopic (exact) mass is 362 g/mol. The summed E-state index contributed by atoms with van der Waals surface area (Å²) < 4.78 is 10.0. The number of rotatable bonds is 6. The average molecular weight is 362 g/mol. The molecule has 1 aliphatic rings. The van der Waals surface area contributed by atoms with Crippen molar-refractivity contribution in [2.45, 2.75) is 32.9 Å². The molecule has 1 aliphatic heterocycles. The van der Waals surface area contributed by atoms with Crippen molar-refractivity contribution in [2.75, 3.05) is 11.9 Å². The van der Waals surface area contributed by atoms with Crippen LogP contribution in [-0.2, 0) is 24.3 Å². The van der Waals surface area contributed by atoms with E-state index in [4.69, 9.17) is 4.74 Å². The maximum atomic E-state index is 12.7. The molecule has 0 aliphatic carbocycles. The van der Waals surface area contributed by atoms with E-state index in [1.54, 1.807) is 0 Å². The Balaban J connectivity index is 1.56. The topological polar surface area (TPSA) is 47.1 Å². The van der Waals surface area contributed by atoms with Crippen LogP contribution in [0.3, 0.4) is 0 Å². The lowest BCUT2D eigenvalue weighted by atomic mass is 10.2. The maximum absolute atomic E-state index is 12.7. The Hall–Kier alpha value is -3.08. The lowest BCUT2D eigenvalue weighted by molar-refractivity contribution is -0.690. The summed E-state index contributed by atoms with van der Waals surface area (Å²) in [5.74, 6) is 1.86. The number of benzene rings is 2. The number of ether oxygens (including phenoxy) is 1. The second kappa shape index (κ2) is 7.66. The van der Waals surface area contributed by atoms with Crippen molar-refractivity contribution in [1.82, 2.24) is 4.57 Å². The molecule has 0 radical (unpaired) electrons. The van der Waals surface area contributed by atoms with Crippen LogP contribution in [0.1, 0.15) is 19.2 Å². The van der Waals surface area contributed by atoms with E-state index in [-0.39, 0.29) is 5.91 Å². The number of aromatic nitrogens is 2. The van der Waals surface area contributed by atoms with Gasteiger partial charge in [0.15, 0.2) is 12.2 Å². The molecule has 4 rings (SSSR count). The molecule has 1 amide bonds. The summed E-state index contributed by atoms with van der Waals surface area (Å²) in [6.45, 7) is 3.79. The van der Waals surface area contributed by atoms with Gasteiger partial charge in [0, 0.05) is 5.56 Å². The predicted octanol–water partition coefficient (Wildman–Crippen LogP) is 3.43. The van der Waals surface area contributed by atoms with Crippen LogP contribution in [0.15, 0.2) is 60.8 Å². The maximum Gasteiger partial charge on any atom is 0.266 e. The van der Waals surface area contributed by atoms with Gasteiger partial charge in [-0.2, -0.15) is 0 Å². The van der Waals surface area contributed by atoms with E-state index in [1.165, 1.54) is 17.1 Å². The minimum Gasteiger partial charge on any atom is -0.492 e. The molecule has 1 aromatic heterocycles. The van der Waals surface area contributed by atoms with E-state index in [0.717, 1.165) is 19.4 Å². The van der Waals surface area contributed by atoms with Crippen LogP contribution >= 0.6 is 0 Å². The number of nitrogens with zero attached hydrogens (tertiary/aromatic N) is 2. The van der Waals surface area contributed by atoms with E-state index in [2.05, 4.69) is 32.8 Å². The van der Waals surface area contributed by atoms with Crippen LogP contribution in [0, 0.1) is 0 Å². The second-order valence-corrected chi connectivity index (χ2v) is 6.66. The van der Waals surface area contributed by atoms with Gasteiger partial charge in [0.25, 0.3) is 11.7 Å². The van der Waals surface area contributed by atoms with E-state index in [1.807, 2.05) is 49.4 Å². The van der Waals surface area contributed by atoms with Crippen molar-refractivity contribution < 1.29 is 14.1 Å². The number of amides is 1. The Labute approximate surface area is 159 Å². The fourth-order valence-corrected chi connectivity index (χ4v) is 3.68. The van der Waals surface area contributed by atoms with Gasteiger partial charge in [0.05, 0.1) is 25.3 Å². The zero-order chi connectivity index (χ0) is 18.6. The van der Waals surface area contributed by atoms with Gasteiger partial charge in [-0.3, -0.25) is 4.79 Å². The largest absolute Gasteiger partial charge is 0.492 e. The number of hydrogen-bond acceptors (Lipinski definition) is 2. The van der Waals surface area contributed by atoms with Crippen LogP contribution in [0.4, 0.5) is 5.69 Å². The predicted molar refractivity (Wildman–Crippen MR) is 105 cm³/mol. The third-order valence-corrected chi connectivity index (χ3v) is 4.84. The normalized spacial score (nSPS) is 12.6. The van der Waals surface area contributed by atoms with Crippen LogP contribution in [0.25, 0.3) is 11.3 Å². The van der Waals surface area contributed by atoms with Crippen molar-refractivity contribution in [3.8, 4) is 17.0 Å². The molecule has 0 saturated carbocycles. The first-order chi connectivity index (χ1) is 13.3. The molecule has 5 heteroatoms. The summed E-state index contributed by atoms with van der Waals surface area (Å²) in [5.41, 5.74) is 3.07. The number of hydrogen-bond donors (Lipinski definition) is 1. The highest BCUT2D eigenvalue weighted by Gasteiger charge is 2.29. The van der Waals surface area contributed by atoms with Gasteiger partial charge >= 0.3 is 0 Å². The molecule has 0 fully saturated rings. The first-order valence-electron chi connectivity index (χ1n) is 9.45. The van der Waals surface area contributed by atoms with Gasteiger partial charge in [-0.05, 0) is 25.5 Å².